The number of ether oxygens (including phenoxy) is 1. The van der Waals surface area contributed by atoms with Gasteiger partial charge in [0.05, 0.1) is 23.7 Å². The van der Waals surface area contributed by atoms with Crippen LogP contribution in [0.1, 0.15) is 6.92 Å². The van der Waals surface area contributed by atoms with Gasteiger partial charge in [0.2, 0.25) is 15.9 Å². The molecule has 2 aromatic carbocycles. The molecule has 0 saturated heterocycles. The Hall–Kier alpha value is -1.97. The van der Waals surface area contributed by atoms with Crippen LogP contribution in [0.4, 0.5) is 10.1 Å². The van der Waals surface area contributed by atoms with Crippen LogP contribution in [-0.2, 0) is 14.8 Å². The normalized spacial score (nSPS) is 12.5. The summed E-state index contributed by atoms with van der Waals surface area (Å²) in [4.78, 5) is 12.1. The SMILES string of the molecule is COc1ccc(S(=O)(=O)NC(C)C(=O)Nc2ccc(Br)cc2F)cc1. The molecule has 2 aromatic rings. The lowest BCUT2D eigenvalue weighted by molar-refractivity contribution is -0.117. The third kappa shape index (κ3) is 5.00. The van der Waals surface area contributed by atoms with Gasteiger partial charge >= 0.3 is 0 Å². The smallest absolute Gasteiger partial charge is 0.242 e. The molecule has 1 amide bonds. The second-order valence-electron chi connectivity index (χ2n) is 5.13. The fraction of sp³-hybridized carbons (Fsp3) is 0.188. The molecule has 0 saturated carbocycles. The van der Waals surface area contributed by atoms with Crippen LogP contribution in [-0.4, -0.2) is 27.5 Å². The van der Waals surface area contributed by atoms with E-state index in [4.69, 9.17) is 4.74 Å². The quantitative estimate of drug-likeness (QED) is 0.737. The maximum absolute atomic E-state index is 13.8. The molecule has 0 heterocycles. The third-order valence-corrected chi connectivity index (χ3v) is 5.33. The molecule has 0 fully saturated rings. The van der Waals surface area contributed by atoms with E-state index >= 15 is 0 Å². The predicted molar refractivity (Wildman–Crippen MR) is 95.5 cm³/mol. The van der Waals surface area contributed by atoms with Crippen molar-refractivity contribution in [2.45, 2.75) is 17.9 Å². The lowest BCUT2D eigenvalue weighted by Gasteiger charge is -2.15. The number of hydrogen-bond acceptors (Lipinski definition) is 4. The number of benzene rings is 2. The van der Waals surface area contributed by atoms with E-state index in [0.717, 1.165) is 0 Å². The topological polar surface area (TPSA) is 84.5 Å². The van der Waals surface area contributed by atoms with E-state index < -0.39 is 27.8 Å². The van der Waals surface area contributed by atoms with Gasteiger partial charge in [0, 0.05) is 4.47 Å². The van der Waals surface area contributed by atoms with Crippen molar-refractivity contribution in [3.63, 3.8) is 0 Å². The van der Waals surface area contributed by atoms with Crippen molar-refractivity contribution in [3.05, 3.63) is 52.8 Å². The lowest BCUT2D eigenvalue weighted by Crippen LogP contribution is -2.41. The number of amides is 1. The van der Waals surface area contributed by atoms with Gasteiger partial charge < -0.3 is 10.1 Å². The van der Waals surface area contributed by atoms with Crippen LogP contribution in [0.15, 0.2) is 51.8 Å². The van der Waals surface area contributed by atoms with Crippen LogP contribution < -0.4 is 14.8 Å². The first kappa shape index (κ1) is 19.4. The Bertz CT molecular complexity index is 872. The molecule has 0 aliphatic carbocycles. The molecule has 1 unspecified atom stereocenters. The number of carbonyl (C=O) groups excluding carboxylic acids is 1. The Balaban J connectivity index is 2.08. The van der Waals surface area contributed by atoms with Crippen LogP contribution in [0.5, 0.6) is 5.75 Å². The van der Waals surface area contributed by atoms with Gasteiger partial charge in [-0.3, -0.25) is 4.79 Å². The van der Waals surface area contributed by atoms with E-state index in [1.807, 2.05) is 0 Å². The summed E-state index contributed by atoms with van der Waals surface area (Å²) in [6, 6.07) is 8.75. The van der Waals surface area contributed by atoms with E-state index in [1.165, 1.54) is 50.4 Å². The Kier molecular flexibility index (Phi) is 6.15. The van der Waals surface area contributed by atoms with Crippen molar-refractivity contribution in [2.75, 3.05) is 12.4 Å². The summed E-state index contributed by atoms with van der Waals surface area (Å²) >= 11 is 3.11. The van der Waals surface area contributed by atoms with E-state index in [9.17, 15) is 17.6 Å². The number of sulfonamides is 1. The summed E-state index contributed by atoms with van der Waals surface area (Å²) < 4.78 is 46.1. The van der Waals surface area contributed by atoms with Crippen LogP contribution in [0.25, 0.3) is 0 Å². The second-order valence-corrected chi connectivity index (χ2v) is 7.76. The molecule has 134 valence electrons. The monoisotopic (exact) mass is 430 g/mol. The van der Waals surface area contributed by atoms with Gasteiger partial charge in [-0.15, -0.1) is 0 Å². The van der Waals surface area contributed by atoms with E-state index in [1.54, 1.807) is 6.07 Å². The molecule has 6 nitrogen and oxygen atoms in total. The number of hydrogen-bond donors (Lipinski definition) is 2. The summed E-state index contributed by atoms with van der Waals surface area (Å²) in [7, 11) is -2.44. The highest BCUT2D eigenvalue weighted by Crippen LogP contribution is 2.20. The number of rotatable bonds is 6. The lowest BCUT2D eigenvalue weighted by atomic mass is 10.2. The summed E-state index contributed by atoms with van der Waals surface area (Å²) in [5.74, 6) is -0.804. The van der Waals surface area contributed by atoms with Gasteiger partial charge in [-0.2, -0.15) is 4.72 Å². The third-order valence-electron chi connectivity index (χ3n) is 3.28. The Labute approximate surface area is 153 Å². The van der Waals surface area contributed by atoms with Crippen molar-refractivity contribution < 1.29 is 22.3 Å². The van der Waals surface area contributed by atoms with Crippen molar-refractivity contribution in [3.8, 4) is 5.75 Å². The maximum atomic E-state index is 13.8. The van der Waals surface area contributed by atoms with E-state index in [-0.39, 0.29) is 10.6 Å². The molecule has 0 aliphatic heterocycles. The van der Waals surface area contributed by atoms with Gasteiger partial charge in [-0.05, 0) is 49.4 Å². The van der Waals surface area contributed by atoms with Crippen molar-refractivity contribution >= 4 is 37.5 Å². The van der Waals surface area contributed by atoms with Crippen LogP contribution in [0.2, 0.25) is 0 Å². The van der Waals surface area contributed by atoms with Gasteiger partial charge in [-0.25, -0.2) is 12.8 Å². The van der Waals surface area contributed by atoms with Crippen molar-refractivity contribution in [2.24, 2.45) is 0 Å². The van der Waals surface area contributed by atoms with E-state index in [2.05, 4.69) is 26.0 Å². The second kappa shape index (κ2) is 7.94. The summed E-state index contributed by atoms with van der Waals surface area (Å²) in [5, 5.41) is 2.35. The average molecular weight is 431 g/mol. The fourth-order valence-corrected chi connectivity index (χ4v) is 3.48. The van der Waals surface area contributed by atoms with Gasteiger partial charge in [0.1, 0.15) is 11.6 Å². The van der Waals surface area contributed by atoms with Crippen molar-refractivity contribution in [1.82, 2.24) is 4.72 Å². The maximum Gasteiger partial charge on any atom is 0.242 e. The summed E-state index contributed by atoms with van der Waals surface area (Å²) in [6.45, 7) is 1.37. The van der Waals surface area contributed by atoms with Crippen LogP contribution >= 0.6 is 15.9 Å². The van der Waals surface area contributed by atoms with E-state index in [0.29, 0.717) is 10.2 Å². The molecule has 0 aliphatic rings. The largest absolute Gasteiger partial charge is 0.497 e. The number of anilines is 1. The standard InChI is InChI=1S/C16H16BrFN2O4S/c1-10(16(21)19-15-8-3-11(17)9-14(15)18)20-25(22,23)13-6-4-12(24-2)5-7-13/h3-10,20H,1-2H3,(H,19,21). The Morgan fingerprint density at radius 1 is 1.20 bits per heavy atom. The zero-order chi connectivity index (χ0) is 18.6. The molecular formula is C16H16BrFN2O4S. The summed E-state index contributed by atoms with van der Waals surface area (Å²) in [5.41, 5.74) is -0.0382. The Morgan fingerprint density at radius 3 is 2.40 bits per heavy atom. The molecule has 25 heavy (non-hydrogen) atoms. The minimum absolute atomic E-state index is 0.0113. The zero-order valence-corrected chi connectivity index (χ0v) is 15.8. The molecule has 9 heteroatoms. The minimum Gasteiger partial charge on any atom is -0.497 e. The average Bonchev–Trinajstić information content (AvgIpc) is 2.57. The molecule has 1 atom stereocenters. The van der Waals surface area contributed by atoms with Gasteiger partial charge in [-0.1, -0.05) is 15.9 Å². The number of methoxy groups -OCH3 is 1. The number of carbonyl (C=O) groups is 1. The molecule has 2 N–H and O–H groups in total. The van der Waals surface area contributed by atoms with Crippen LogP contribution in [0, 0.1) is 5.82 Å². The summed E-state index contributed by atoms with van der Waals surface area (Å²) in [6.07, 6.45) is 0. The molecule has 0 radical (unpaired) electrons. The number of halogens is 2. The molecular weight excluding hydrogens is 415 g/mol. The molecule has 0 aromatic heterocycles. The molecule has 0 bridgehead atoms. The van der Waals surface area contributed by atoms with Crippen molar-refractivity contribution in [1.29, 1.82) is 0 Å². The number of nitrogens with one attached hydrogen (secondary N) is 2. The highest BCUT2D eigenvalue weighted by Gasteiger charge is 2.22. The predicted octanol–water partition coefficient (Wildman–Crippen LogP) is 2.90. The first-order valence-electron chi connectivity index (χ1n) is 7.15. The first-order valence-corrected chi connectivity index (χ1v) is 9.43. The van der Waals surface area contributed by atoms with Gasteiger partial charge in [0.25, 0.3) is 0 Å². The first-order chi connectivity index (χ1) is 11.7. The minimum atomic E-state index is -3.91. The fourth-order valence-electron chi connectivity index (χ4n) is 1.94. The molecule has 2 rings (SSSR count). The molecule has 0 spiro atoms. The Morgan fingerprint density at radius 2 is 1.84 bits per heavy atom. The van der Waals surface area contributed by atoms with Crippen LogP contribution in [0.3, 0.4) is 0 Å². The highest BCUT2D eigenvalue weighted by molar-refractivity contribution is 9.10. The van der Waals surface area contributed by atoms with Gasteiger partial charge in [0.15, 0.2) is 0 Å². The highest BCUT2D eigenvalue weighted by atomic mass is 79.9. The zero-order valence-electron chi connectivity index (χ0n) is 13.4.